The van der Waals surface area contributed by atoms with Crippen LogP contribution in [0.15, 0.2) is 18.2 Å². The number of carbonyl (C=O) groups excluding carboxylic acids is 1. The predicted octanol–water partition coefficient (Wildman–Crippen LogP) is -0.0400. The quantitative estimate of drug-likeness (QED) is 0.662. The Morgan fingerprint density at radius 3 is 2.74 bits per heavy atom. The number of aryl methyl sites for hydroxylation is 1. The fourth-order valence-corrected chi connectivity index (χ4v) is 5.39. The van der Waals surface area contributed by atoms with Crippen LogP contribution in [0.2, 0.25) is 0 Å². The lowest BCUT2D eigenvalue weighted by atomic mass is 10.1. The number of nitrogens with zero attached hydrogens (tertiary/aromatic N) is 1. The molecule has 0 spiro atoms. The number of anilines is 1. The fraction of sp³-hybridized carbons (Fsp3) is 0.632. The van der Waals surface area contributed by atoms with Crippen molar-refractivity contribution in [3.8, 4) is 0 Å². The first kappa shape index (κ1) is 20.1. The number of hydrogen-bond acceptors (Lipinski definition) is 4. The van der Waals surface area contributed by atoms with E-state index in [1.54, 1.807) is 18.2 Å². The van der Waals surface area contributed by atoms with Gasteiger partial charge in [-0.3, -0.25) is 9.10 Å². The summed E-state index contributed by atoms with van der Waals surface area (Å²) in [5.41, 5.74) is 2.07. The highest BCUT2D eigenvalue weighted by Gasteiger charge is 2.27. The van der Waals surface area contributed by atoms with Crippen molar-refractivity contribution < 1.29 is 22.8 Å². The highest BCUT2D eigenvalue weighted by atomic mass is 32.2. The summed E-state index contributed by atoms with van der Waals surface area (Å²) < 4.78 is 31.4. The molecule has 2 N–H and O–H groups in total. The summed E-state index contributed by atoms with van der Waals surface area (Å²) in [4.78, 5) is 13.9. The van der Waals surface area contributed by atoms with Gasteiger partial charge in [0.05, 0.1) is 31.2 Å². The molecule has 150 valence electrons. The van der Waals surface area contributed by atoms with Gasteiger partial charge in [-0.1, -0.05) is 0 Å². The number of amides is 1. The minimum Gasteiger partial charge on any atom is -0.370 e. The van der Waals surface area contributed by atoms with Gasteiger partial charge in [-0.05, 0) is 43.5 Å². The topological polar surface area (TPSA) is 80.2 Å². The molecule has 8 heteroatoms. The lowest BCUT2D eigenvalue weighted by molar-refractivity contribution is -0.908. The van der Waals surface area contributed by atoms with E-state index in [-0.39, 0.29) is 11.7 Å². The maximum atomic E-state index is 12.4. The van der Waals surface area contributed by atoms with E-state index in [1.807, 2.05) is 6.92 Å². The molecule has 2 saturated heterocycles. The van der Waals surface area contributed by atoms with E-state index in [9.17, 15) is 13.2 Å². The van der Waals surface area contributed by atoms with E-state index in [0.717, 1.165) is 51.3 Å². The second-order valence-corrected chi connectivity index (χ2v) is 9.33. The molecule has 0 radical (unpaired) electrons. The average molecular weight is 397 g/mol. The summed E-state index contributed by atoms with van der Waals surface area (Å²) in [7, 11) is -3.24. The van der Waals surface area contributed by atoms with Crippen molar-refractivity contribution in [2.24, 2.45) is 0 Å². The number of hydrogen-bond donors (Lipinski definition) is 2. The van der Waals surface area contributed by atoms with Crippen molar-refractivity contribution >= 4 is 21.6 Å². The number of carbonyl (C=O) groups is 1. The van der Waals surface area contributed by atoms with Crippen molar-refractivity contribution in [2.75, 3.05) is 56.0 Å². The van der Waals surface area contributed by atoms with Crippen molar-refractivity contribution in [3.63, 3.8) is 0 Å². The monoisotopic (exact) mass is 396 g/mol. The standard InChI is InChI=1S/C19H29N3O4S/c1-16-15-17(5-6-18(16)22-9-2-3-14-27(22,24)25)19(23)20-7-4-8-21-10-12-26-13-11-21/h5-6,15H,2-4,7-14H2,1H3,(H,20,23)/p+1. The highest BCUT2D eigenvalue weighted by Crippen LogP contribution is 2.27. The third kappa shape index (κ3) is 5.21. The first-order valence-electron chi connectivity index (χ1n) is 9.78. The Hall–Kier alpha value is -1.64. The van der Waals surface area contributed by atoms with E-state index in [4.69, 9.17) is 4.74 Å². The SMILES string of the molecule is Cc1cc(C(=O)NCCC[NH+]2CCOCC2)ccc1N1CCCCS1(=O)=O. The molecule has 2 aliphatic heterocycles. The van der Waals surface area contributed by atoms with E-state index < -0.39 is 10.0 Å². The van der Waals surface area contributed by atoms with Crippen molar-refractivity contribution in [1.29, 1.82) is 0 Å². The number of nitrogens with one attached hydrogen (secondary N) is 2. The molecule has 7 nitrogen and oxygen atoms in total. The summed E-state index contributed by atoms with van der Waals surface area (Å²) in [6.07, 6.45) is 2.51. The first-order chi connectivity index (χ1) is 13.0. The second kappa shape index (κ2) is 9.03. The van der Waals surface area contributed by atoms with Crippen LogP contribution in [0.3, 0.4) is 0 Å². The highest BCUT2D eigenvalue weighted by molar-refractivity contribution is 7.92. The van der Waals surface area contributed by atoms with Crippen LogP contribution >= 0.6 is 0 Å². The number of rotatable bonds is 6. The lowest BCUT2D eigenvalue weighted by Crippen LogP contribution is -3.14. The number of morpholine rings is 1. The van der Waals surface area contributed by atoms with Crippen LogP contribution in [0.1, 0.15) is 35.2 Å². The summed E-state index contributed by atoms with van der Waals surface area (Å²) in [5.74, 6) is 0.0860. The third-order valence-electron chi connectivity index (χ3n) is 5.27. The molecule has 0 aromatic heterocycles. The van der Waals surface area contributed by atoms with Gasteiger partial charge in [0.1, 0.15) is 13.1 Å². The van der Waals surface area contributed by atoms with Crippen LogP contribution in [0.25, 0.3) is 0 Å². The van der Waals surface area contributed by atoms with Crippen LogP contribution < -0.4 is 14.5 Å². The van der Waals surface area contributed by atoms with Crippen LogP contribution in [0.5, 0.6) is 0 Å². The number of sulfonamides is 1. The smallest absolute Gasteiger partial charge is 0.251 e. The van der Waals surface area contributed by atoms with E-state index in [1.165, 1.54) is 9.21 Å². The summed E-state index contributed by atoms with van der Waals surface area (Å²) in [5, 5.41) is 2.97. The normalized spacial score (nSPS) is 20.4. The Balaban J connectivity index is 1.54. The van der Waals surface area contributed by atoms with Gasteiger partial charge in [-0.25, -0.2) is 8.42 Å². The van der Waals surface area contributed by atoms with Crippen molar-refractivity contribution in [2.45, 2.75) is 26.2 Å². The van der Waals surface area contributed by atoms with Gasteiger partial charge in [-0.2, -0.15) is 0 Å². The van der Waals surface area contributed by atoms with Gasteiger partial charge in [0.25, 0.3) is 5.91 Å². The Bertz CT molecular complexity index is 760. The van der Waals surface area contributed by atoms with Gasteiger partial charge < -0.3 is 15.0 Å². The van der Waals surface area contributed by atoms with Gasteiger partial charge >= 0.3 is 0 Å². The maximum Gasteiger partial charge on any atom is 0.251 e. The van der Waals surface area contributed by atoms with Gasteiger partial charge in [-0.15, -0.1) is 0 Å². The minimum atomic E-state index is -3.24. The predicted molar refractivity (Wildman–Crippen MR) is 105 cm³/mol. The Kier molecular flexibility index (Phi) is 6.73. The molecule has 0 atom stereocenters. The fourth-order valence-electron chi connectivity index (χ4n) is 3.69. The maximum absolute atomic E-state index is 12.4. The zero-order valence-corrected chi connectivity index (χ0v) is 16.8. The van der Waals surface area contributed by atoms with Crippen molar-refractivity contribution in [1.82, 2.24) is 5.32 Å². The van der Waals surface area contributed by atoms with Crippen LogP contribution in [0.4, 0.5) is 5.69 Å². The van der Waals surface area contributed by atoms with Gasteiger partial charge in [0.15, 0.2) is 0 Å². The Labute approximate surface area is 161 Å². The molecule has 1 aromatic rings. The molecular formula is C19H30N3O4S+. The molecule has 2 aliphatic rings. The zero-order chi connectivity index (χ0) is 19.3. The molecular weight excluding hydrogens is 366 g/mol. The van der Waals surface area contributed by atoms with Crippen LogP contribution in [-0.2, 0) is 14.8 Å². The Morgan fingerprint density at radius 2 is 2.04 bits per heavy atom. The number of benzene rings is 1. The van der Waals surface area contributed by atoms with Crippen molar-refractivity contribution in [3.05, 3.63) is 29.3 Å². The molecule has 1 aromatic carbocycles. The average Bonchev–Trinajstić information content (AvgIpc) is 2.66. The summed E-state index contributed by atoms with van der Waals surface area (Å²) in [6, 6.07) is 5.25. The molecule has 0 bridgehead atoms. The van der Waals surface area contributed by atoms with Gasteiger partial charge in [0.2, 0.25) is 10.0 Å². The third-order valence-corrected chi connectivity index (χ3v) is 7.12. The molecule has 2 heterocycles. The summed E-state index contributed by atoms with van der Waals surface area (Å²) in [6.45, 7) is 7.76. The number of ether oxygens (including phenoxy) is 1. The number of quaternary nitrogens is 1. The van der Waals surface area contributed by atoms with E-state index in [2.05, 4.69) is 5.32 Å². The second-order valence-electron chi connectivity index (χ2n) is 7.32. The molecule has 3 rings (SSSR count). The molecule has 0 aliphatic carbocycles. The van der Waals surface area contributed by atoms with E-state index >= 15 is 0 Å². The largest absolute Gasteiger partial charge is 0.370 e. The van der Waals surface area contributed by atoms with E-state index in [0.29, 0.717) is 30.8 Å². The molecule has 0 saturated carbocycles. The molecule has 27 heavy (non-hydrogen) atoms. The van der Waals surface area contributed by atoms with Crippen LogP contribution in [-0.4, -0.2) is 66.0 Å². The summed E-state index contributed by atoms with van der Waals surface area (Å²) >= 11 is 0. The zero-order valence-electron chi connectivity index (χ0n) is 16.0. The molecule has 1 amide bonds. The molecule has 0 unspecified atom stereocenters. The lowest BCUT2D eigenvalue weighted by Gasteiger charge is -2.29. The van der Waals surface area contributed by atoms with Gasteiger partial charge in [0, 0.05) is 25.1 Å². The molecule has 2 fully saturated rings. The van der Waals surface area contributed by atoms with Crippen LogP contribution in [0, 0.1) is 6.92 Å². The minimum absolute atomic E-state index is 0.108. The first-order valence-corrected chi connectivity index (χ1v) is 11.4. The Morgan fingerprint density at radius 1 is 1.26 bits per heavy atom.